The number of halogens is 2. The molecule has 44 heavy (non-hydrogen) atoms. The number of aromatic carboxylic acids is 1. The maximum atomic E-state index is 14.5. The zero-order valence-corrected chi connectivity index (χ0v) is 24.1. The molecule has 2 aromatic heterocycles. The van der Waals surface area contributed by atoms with Crippen molar-refractivity contribution in [3.05, 3.63) is 70.8 Å². The number of carbonyl (C=O) groups excluding carboxylic acids is 4. The minimum Gasteiger partial charge on any atom is -0.477 e. The van der Waals surface area contributed by atoms with Gasteiger partial charge in [0.05, 0.1) is 17.1 Å². The van der Waals surface area contributed by atoms with Crippen LogP contribution in [-0.4, -0.2) is 91.9 Å². The number of carboxylic acid groups (broad SMARTS) is 1. The highest BCUT2D eigenvalue weighted by atomic mass is 35.5. The van der Waals surface area contributed by atoms with Gasteiger partial charge in [-0.05, 0) is 42.5 Å². The molecule has 228 valence electrons. The van der Waals surface area contributed by atoms with Crippen molar-refractivity contribution >= 4 is 57.8 Å². The molecule has 3 heterocycles. The van der Waals surface area contributed by atoms with Crippen LogP contribution in [0.4, 0.5) is 10.1 Å². The third kappa shape index (κ3) is 6.54. The molecule has 1 atom stereocenters. The van der Waals surface area contributed by atoms with Crippen LogP contribution in [0.1, 0.15) is 34.3 Å². The summed E-state index contributed by atoms with van der Waals surface area (Å²) in [6.07, 6.45) is -0.392. The van der Waals surface area contributed by atoms with E-state index in [1.165, 1.54) is 42.2 Å². The predicted octanol–water partition coefficient (Wildman–Crippen LogP) is 2.87. The average molecular weight is 624 g/mol. The molecule has 0 radical (unpaired) electrons. The Hall–Kier alpha value is -5.24. The summed E-state index contributed by atoms with van der Waals surface area (Å²) >= 11 is 5.87. The Kier molecular flexibility index (Phi) is 8.62. The van der Waals surface area contributed by atoms with E-state index in [-0.39, 0.29) is 46.7 Å². The number of aromatic nitrogens is 3. The van der Waals surface area contributed by atoms with Crippen LogP contribution in [0.15, 0.2) is 48.5 Å². The summed E-state index contributed by atoms with van der Waals surface area (Å²) in [6, 6.07) is 10.4. The molecule has 1 unspecified atom stereocenters. The zero-order chi connectivity index (χ0) is 31.5. The topological polar surface area (TPSA) is 181 Å². The number of fused-ring (bicyclic) bond motifs is 1. The van der Waals surface area contributed by atoms with Gasteiger partial charge in [0.2, 0.25) is 17.7 Å². The summed E-state index contributed by atoms with van der Waals surface area (Å²) in [6.45, 7) is 2.67. The maximum Gasteiger partial charge on any atom is 0.352 e. The Balaban J connectivity index is 1.35. The molecule has 1 aliphatic heterocycles. The van der Waals surface area contributed by atoms with Crippen molar-refractivity contribution < 1.29 is 33.5 Å². The molecule has 0 spiro atoms. The molecule has 0 bridgehead atoms. The van der Waals surface area contributed by atoms with Crippen LogP contribution in [0.3, 0.4) is 0 Å². The Labute approximate surface area is 254 Å². The van der Waals surface area contributed by atoms with Gasteiger partial charge in [0, 0.05) is 55.3 Å². The van der Waals surface area contributed by atoms with E-state index < -0.39 is 42.0 Å². The standard InChI is InChI=1S/C29H27ClFN7O6/c1-15(39)37-7-9-38(10-8-37)25(40)14-22(27(41)32-17-5-6-20-16(11-17)12-24(33-20)29(43)44)34-28(42)23-13-21(35-36-23)18-3-2-4-19(30)26(18)31/h2-6,11-13,22,33H,7-10,14H2,1H3,(H,32,41)(H,34,42)(H,35,36)(H,43,44). The summed E-state index contributed by atoms with van der Waals surface area (Å²) in [4.78, 5) is 68.8. The molecular formula is C29H27ClFN7O6. The largest absolute Gasteiger partial charge is 0.477 e. The molecule has 2 aromatic carbocycles. The van der Waals surface area contributed by atoms with E-state index >= 15 is 0 Å². The van der Waals surface area contributed by atoms with Crippen molar-refractivity contribution in [3.63, 3.8) is 0 Å². The van der Waals surface area contributed by atoms with E-state index in [0.29, 0.717) is 29.7 Å². The molecule has 0 saturated carbocycles. The molecule has 1 saturated heterocycles. The lowest BCUT2D eigenvalue weighted by molar-refractivity contribution is -0.139. The third-order valence-corrected chi connectivity index (χ3v) is 7.54. The second-order valence-corrected chi connectivity index (χ2v) is 10.6. The first-order chi connectivity index (χ1) is 21.0. The van der Waals surface area contributed by atoms with E-state index in [4.69, 9.17) is 11.6 Å². The second-order valence-electron chi connectivity index (χ2n) is 10.2. The number of nitrogens with one attached hydrogen (secondary N) is 4. The molecular weight excluding hydrogens is 597 g/mol. The first-order valence-electron chi connectivity index (χ1n) is 13.5. The molecule has 5 rings (SSSR count). The highest BCUT2D eigenvalue weighted by Gasteiger charge is 2.30. The van der Waals surface area contributed by atoms with Crippen LogP contribution >= 0.6 is 11.6 Å². The number of carboxylic acids is 1. The van der Waals surface area contributed by atoms with Crippen LogP contribution < -0.4 is 10.6 Å². The van der Waals surface area contributed by atoms with E-state index in [1.54, 1.807) is 23.1 Å². The van der Waals surface area contributed by atoms with Gasteiger partial charge in [-0.15, -0.1) is 0 Å². The van der Waals surface area contributed by atoms with Gasteiger partial charge in [-0.1, -0.05) is 17.7 Å². The van der Waals surface area contributed by atoms with E-state index in [1.807, 2.05) is 0 Å². The fraction of sp³-hybridized carbons (Fsp3) is 0.241. The minimum absolute atomic E-state index is 0.0272. The Morgan fingerprint density at radius 3 is 2.45 bits per heavy atom. The number of anilines is 1. The van der Waals surface area contributed by atoms with Crippen LogP contribution in [0.25, 0.3) is 22.2 Å². The van der Waals surface area contributed by atoms with Crippen molar-refractivity contribution in [2.45, 2.75) is 19.4 Å². The molecule has 4 aromatic rings. The Morgan fingerprint density at radius 2 is 1.75 bits per heavy atom. The summed E-state index contributed by atoms with van der Waals surface area (Å²) in [5, 5.41) is 21.4. The van der Waals surface area contributed by atoms with Crippen molar-refractivity contribution in [3.8, 4) is 11.3 Å². The predicted molar refractivity (Wildman–Crippen MR) is 158 cm³/mol. The lowest BCUT2D eigenvalue weighted by atomic mass is 10.1. The van der Waals surface area contributed by atoms with Gasteiger partial charge >= 0.3 is 5.97 Å². The van der Waals surface area contributed by atoms with Gasteiger partial charge in [0.1, 0.15) is 17.4 Å². The average Bonchev–Trinajstić information content (AvgIpc) is 3.66. The number of piperazine rings is 1. The van der Waals surface area contributed by atoms with Crippen LogP contribution in [-0.2, 0) is 14.4 Å². The number of hydrogen-bond donors (Lipinski definition) is 5. The molecule has 15 heteroatoms. The van der Waals surface area contributed by atoms with Gasteiger partial charge in [-0.3, -0.25) is 24.3 Å². The van der Waals surface area contributed by atoms with Gasteiger partial charge in [-0.25, -0.2) is 9.18 Å². The van der Waals surface area contributed by atoms with Crippen molar-refractivity contribution in [1.29, 1.82) is 0 Å². The van der Waals surface area contributed by atoms with Crippen LogP contribution in [0.2, 0.25) is 5.02 Å². The summed E-state index contributed by atoms with van der Waals surface area (Å²) < 4.78 is 14.5. The first kappa shape index (κ1) is 30.2. The van der Waals surface area contributed by atoms with Crippen molar-refractivity contribution in [2.24, 2.45) is 0 Å². The number of carbonyl (C=O) groups is 5. The fourth-order valence-electron chi connectivity index (χ4n) is 4.85. The normalized spacial score (nSPS) is 13.9. The third-order valence-electron chi connectivity index (χ3n) is 7.25. The zero-order valence-electron chi connectivity index (χ0n) is 23.3. The highest BCUT2D eigenvalue weighted by Crippen LogP contribution is 2.27. The number of aromatic amines is 2. The van der Waals surface area contributed by atoms with Crippen molar-refractivity contribution in [1.82, 2.24) is 30.3 Å². The second kappa shape index (κ2) is 12.6. The summed E-state index contributed by atoms with van der Waals surface area (Å²) in [7, 11) is 0. The number of amides is 4. The van der Waals surface area contributed by atoms with Crippen molar-refractivity contribution in [2.75, 3.05) is 31.5 Å². The van der Waals surface area contributed by atoms with Gasteiger partial charge < -0.3 is 30.5 Å². The summed E-state index contributed by atoms with van der Waals surface area (Å²) in [5.41, 5.74) is 0.899. The lowest BCUT2D eigenvalue weighted by Crippen LogP contribution is -2.52. The SMILES string of the molecule is CC(=O)N1CCN(C(=O)CC(NC(=O)c2cc(-c3cccc(Cl)c3F)n[nH]2)C(=O)Nc2ccc3[nH]c(C(=O)O)cc3c2)CC1. The molecule has 5 N–H and O–H groups in total. The Morgan fingerprint density at radius 1 is 1.02 bits per heavy atom. The highest BCUT2D eigenvalue weighted by molar-refractivity contribution is 6.31. The van der Waals surface area contributed by atoms with E-state index in [9.17, 15) is 33.5 Å². The quantitative estimate of drug-likeness (QED) is 0.200. The number of rotatable bonds is 8. The smallest absolute Gasteiger partial charge is 0.352 e. The fourth-order valence-corrected chi connectivity index (χ4v) is 5.03. The molecule has 4 amide bonds. The van der Waals surface area contributed by atoms with Gasteiger partial charge in [0.25, 0.3) is 5.91 Å². The van der Waals surface area contributed by atoms with Crippen LogP contribution in [0, 0.1) is 5.82 Å². The maximum absolute atomic E-state index is 14.5. The number of H-pyrrole nitrogens is 2. The molecule has 1 aliphatic rings. The van der Waals surface area contributed by atoms with E-state index in [2.05, 4.69) is 25.8 Å². The number of benzene rings is 2. The Bertz CT molecular complexity index is 1780. The molecule has 1 fully saturated rings. The molecule has 13 nitrogen and oxygen atoms in total. The summed E-state index contributed by atoms with van der Waals surface area (Å²) in [5.74, 6) is -3.84. The first-order valence-corrected chi connectivity index (χ1v) is 13.9. The van der Waals surface area contributed by atoms with Gasteiger partial charge in [0.15, 0.2) is 5.82 Å². The number of hydrogen-bond acceptors (Lipinski definition) is 6. The van der Waals surface area contributed by atoms with Gasteiger partial charge in [-0.2, -0.15) is 5.10 Å². The minimum atomic E-state index is -1.34. The van der Waals surface area contributed by atoms with E-state index in [0.717, 1.165) is 0 Å². The van der Waals surface area contributed by atoms with Crippen LogP contribution in [0.5, 0.6) is 0 Å². The molecule has 0 aliphatic carbocycles. The monoisotopic (exact) mass is 623 g/mol. The lowest BCUT2D eigenvalue weighted by Gasteiger charge is -2.34. The number of nitrogens with zero attached hydrogens (tertiary/aromatic N) is 3.